The highest BCUT2D eigenvalue weighted by molar-refractivity contribution is 7.92. The Morgan fingerprint density at radius 1 is 1.47 bits per heavy atom. The molecule has 0 unspecified atom stereocenters. The van der Waals surface area contributed by atoms with Crippen LogP contribution in [0.4, 0.5) is 5.82 Å². The van der Waals surface area contributed by atoms with Crippen LogP contribution >= 0.6 is 0 Å². The summed E-state index contributed by atoms with van der Waals surface area (Å²) < 4.78 is 25.4. The number of aromatic carboxylic acids is 1. The minimum Gasteiger partial charge on any atom is -0.477 e. The number of nitrogens with zero attached hydrogens (tertiary/aromatic N) is 2. The minimum absolute atomic E-state index is 0.0719. The van der Waals surface area contributed by atoms with E-state index in [1.807, 2.05) is 0 Å². The molecule has 4 N–H and O–H groups in total. The number of nitrogens with one attached hydrogen (secondary N) is 3. The molecule has 0 radical (unpaired) electrons. The Kier molecular flexibility index (Phi) is 2.55. The lowest BCUT2D eigenvalue weighted by Gasteiger charge is -2.00. The van der Waals surface area contributed by atoms with Gasteiger partial charge >= 0.3 is 5.97 Å². The van der Waals surface area contributed by atoms with Gasteiger partial charge in [0.2, 0.25) is 0 Å². The van der Waals surface area contributed by atoms with Gasteiger partial charge in [0.05, 0.1) is 6.20 Å². The molecule has 9 nitrogen and oxygen atoms in total. The van der Waals surface area contributed by atoms with E-state index in [0.717, 1.165) is 12.3 Å². The topological polar surface area (TPSA) is 141 Å². The van der Waals surface area contributed by atoms with Crippen molar-refractivity contribution < 1.29 is 18.3 Å². The van der Waals surface area contributed by atoms with Gasteiger partial charge in [-0.15, -0.1) is 0 Å². The van der Waals surface area contributed by atoms with Crippen molar-refractivity contribution in [1.29, 1.82) is 0 Å². The Balaban J connectivity index is 2.24. The summed E-state index contributed by atoms with van der Waals surface area (Å²) in [4.78, 5) is 10.5. The van der Waals surface area contributed by atoms with Gasteiger partial charge < -0.3 is 5.11 Å². The molecule has 0 fully saturated rings. The zero-order chi connectivity index (χ0) is 12.5. The smallest absolute Gasteiger partial charge is 0.353 e. The molecule has 0 aromatic carbocycles. The van der Waals surface area contributed by atoms with Gasteiger partial charge in [-0.3, -0.25) is 14.9 Å². The summed E-state index contributed by atoms with van der Waals surface area (Å²) >= 11 is 0. The van der Waals surface area contributed by atoms with Crippen molar-refractivity contribution in [3.63, 3.8) is 0 Å². The average Bonchev–Trinajstić information content (AvgIpc) is 2.85. The predicted molar refractivity (Wildman–Crippen MR) is 54.9 cm³/mol. The molecule has 2 aromatic heterocycles. The standard InChI is InChI=1S/C7H7N5O4S/c13-7(14)5-1-6(11-10-5)12-17(15,16)4-2-8-9-3-4/h1-3H,(H,8,9)(H,13,14)(H2,10,11,12). The van der Waals surface area contributed by atoms with Crippen LogP contribution in [-0.4, -0.2) is 39.9 Å². The second-order valence-electron chi connectivity index (χ2n) is 3.01. The van der Waals surface area contributed by atoms with Crippen LogP contribution in [0.5, 0.6) is 0 Å². The maximum Gasteiger partial charge on any atom is 0.353 e. The number of carboxylic acids is 1. The molecule has 2 aromatic rings. The van der Waals surface area contributed by atoms with Gasteiger partial charge in [0.25, 0.3) is 10.0 Å². The molecule has 2 heterocycles. The Bertz CT molecular complexity index is 629. The highest BCUT2D eigenvalue weighted by Gasteiger charge is 2.17. The van der Waals surface area contributed by atoms with Gasteiger partial charge in [0.1, 0.15) is 10.6 Å². The lowest BCUT2D eigenvalue weighted by atomic mass is 10.4. The van der Waals surface area contributed by atoms with E-state index in [2.05, 4.69) is 25.1 Å². The van der Waals surface area contributed by atoms with Crippen molar-refractivity contribution in [2.24, 2.45) is 0 Å². The molecule has 0 atom stereocenters. The molecular weight excluding hydrogens is 250 g/mol. The van der Waals surface area contributed by atoms with Gasteiger partial charge in [-0.2, -0.15) is 10.2 Å². The monoisotopic (exact) mass is 257 g/mol. The number of aromatic nitrogens is 4. The molecule has 10 heteroatoms. The largest absolute Gasteiger partial charge is 0.477 e. The third-order valence-electron chi connectivity index (χ3n) is 1.83. The number of aromatic amines is 2. The summed E-state index contributed by atoms with van der Waals surface area (Å²) in [5.41, 5.74) is -0.213. The number of rotatable bonds is 4. The summed E-state index contributed by atoms with van der Waals surface area (Å²) in [7, 11) is -3.80. The Hall–Kier alpha value is -2.36. The first-order valence-electron chi connectivity index (χ1n) is 4.29. The van der Waals surface area contributed by atoms with E-state index < -0.39 is 16.0 Å². The first-order chi connectivity index (χ1) is 7.99. The third-order valence-corrected chi connectivity index (χ3v) is 3.15. The van der Waals surface area contributed by atoms with E-state index >= 15 is 0 Å². The lowest BCUT2D eigenvalue weighted by molar-refractivity contribution is 0.0690. The average molecular weight is 257 g/mol. The van der Waals surface area contributed by atoms with Gasteiger partial charge in [-0.05, 0) is 0 Å². The molecule has 17 heavy (non-hydrogen) atoms. The van der Waals surface area contributed by atoms with Crippen molar-refractivity contribution >= 4 is 21.8 Å². The van der Waals surface area contributed by atoms with Crippen LogP contribution in [0.3, 0.4) is 0 Å². The number of H-pyrrole nitrogens is 2. The highest BCUT2D eigenvalue weighted by atomic mass is 32.2. The Morgan fingerprint density at radius 2 is 2.24 bits per heavy atom. The fraction of sp³-hybridized carbons (Fsp3) is 0. The van der Waals surface area contributed by atoms with Crippen molar-refractivity contribution in [2.75, 3.05) is 4.72 Å². The predicted octanol–water partition coefficient (Wildman–Crippen LogP) is -0.368. The van der Waals surface area contributed by atoms with Crippen LogP contribution in [0.25, 0.3) is 0 Å². The van der Waals surface area contributed by atoms with Crippen molar-refractivity contribution in [3.8, 4) is 0 Å². The molecule has 0 spiro atoms. The molecule has 0 bridgehead atoms. The second-order valence-corrected chi connectivity index (χ2v) is 4.69. The minimum atomic E-state index is -3.80. The maximum absolute atomic E-state index is 11.7. The first-order valence-corrected chi connectivity index (χ1v) is 5.77. The van der Waals surface area contributed by atoms with E-state index in [1.54, 1.807) is 0 Å². The maximum atomic E-state index is 11.7. The van der Waals surface area contributed by atoms with Crippen LogP contribution in [0, 0.1) is 0 Å². The van der Waals surface area contributed by atoms with Crippen LogP contribution in [-0.2, 0) is 10.0 Å². The van der Waals surface area contributed by atoms with Gasteiger partial charge in [-0.1, -0.05) is 0 Å². The molecule has 0 aliphatic carbocycles. The normalized spacial score (nSPS) is 11.3. The van der Waals surface area contributed by atoms with Crippen LogP contribution in [0.2, 0.25) is 0 Å². The van der Waals surface area contributed by atoms with Gasteiger partial charge in [0.15, 0.2) is 5.82 Å². The van der Waals surface area contributed by atoms with E-state index in [0.29, 0.717) is 0 Å². The quantitative estimate of drug-likeness (QED) is 0.589. The van der Waals surface area contributed by atoms with E-state index in [1.165, 1.54) is 6.20 Å². The number of hydrogen-bond acceptors (Lipinski definition) is 5. The zero-order valence-corrected chi connectivity index (χ0v) is 9.02. The summed E-state index contributed by atoms with van der Waals surface area (Å²) in [5, 5.41) is 20.1. The lowest BCUT2D eigenvalue weighted by Crippen LogP contribution is -2.12. The number of hydrogen-bond donors (Lipinski definition) is 4. The van der Waals surface area contributed by atoms with Gasteiger partial charge in [0, 0.05) is 12.3 Å². The summed E-state index contributed by atoms with van der Waals surface area (Å²) in [6.45, 7) is 0. The van der Waals surface area contributed by atoms with Gasteiger partial charge in [-0.25, -0.2) is 13.2 Å². The van der Waals surface area contributed by atoms with E-state index in [4.69, 9.17) is 5.11 Å². The Labute approximate surface area is 94.9 Å². The fourth-order valence-corrected chi connectivity index (χ4v) is 1.96. The molecular formula is C7H7N5O4S. The molecule has 0 saturated heterocycles. The summed E-state index contributed by atoms with van der Waals surface area (Å²) in [5.74, 6) is -1.34. The van der Waals surface area contributed by atoms with E-state index in [9.17, 15) is 13.2 Å². The number of carboxylic acid groups (broad SMARTS) is 1. The first kappa shape index (κ1) is 11.1. The molecule has 90 valence electrons. The summed E-state index contributed by atoms with van der Waals surface area (Å²) in [6.07, 6.45) is 2.31. The Morgan fingerprint density at radius 3 is 2.76 bits per heavy atom. The number of sulfonamides is 1. The van der Waals surface area contributed by atoms with Crippen molar-refractivity contribution in [3.05, 3.63) is 24.2 Å². The zero-order valence-electron chi connectivity index (χ0n) is 8.21. The van der Waals surface area contributed by atoms with E-state index in [-0.39, 0.29) is 16.4 Å². The highest BCUT2D eigenvalue weighted by Crippen LogP contribution is 2.13. The fourth-order valence-electron chi connectivity index (χ4n) is 1.07. The molecule has 0 amide bonds. The van der Waals surface area contributed by atoms with Crippen molar-refractivity contribution in [2.45, 2.75) is 4.90 Å². The number of carbonyl (C=O) groups is 1. The van der Waals surface area contributed by atoms with Crippen LogP contribution < -0.4 is 4.72 Å². The molecule has 0 saturated carbocycles. The van der Waals surface area contributed by atoms with Crippen molar-refractivity contribution in [1.82, 2.24) is 20.4 Å². The SMILES string of the molecule is O=C(O)c1cc(NS(=O)(=O)c2cn[nH]c2)n[nH]1. The summed E-state index contributed by atoms with van der Waals surface area (Å²) in [6, 6.07) is 1.07. The molecule has 0 aliphatic rings. The molecule has 0 aliphatic heterocycles. The second kappa shape index (κ2) is 3.90. The van der Waals surface area contributed by atoms with Crippen LogP contribution in [0.15, 0.2) is 23.4 Å². The third kappa shape index (κ3) is 2.25. The van der Waals surface area contributed by atoms with Crippen LogP contribution in [0.1, 0.15) is 10.5 Å². The number of anilines is 1. The molecule has 2 rings (SSSR count).